The van der Waals surface area contributed by atoms with Gasteiger partial charge < -0.3 is 9.11 Å². The third kappa shape index (κ3) is 8.18. The summed E-state index contributed by atoms with van der Waals surface area (Å²) in [7, 11) is 0. The van der Waals surface area contributed by atoms with Gasteiger partial charge in [0.1, 0.15) is 0 Å². The van der Waals surface area contributed by atoms with Crippen LogP contribution in [-0.2, 0) is 22.2 Å². The van der Waals surface area contributed by atoms with Crippen molar-refractivity contribution in [3.8, 4) is 0 Å². The molecule has 0 bridgehead atoms. The first-order valence-corrected chi connectivity index (χ1v) is 7.05. The topological polar surface area (TPSA) is 80.3 Å². The third-order valence-electron chi connectivity index (χ3n) is 1.87. The zero-order valence-corrected chi connectivity index (χ0v) is 16.0. The molecular weight excluding hydrogens is 410 g/mol. The van der Waals surface area contributed by atoms with Crippen molar-refractivity contribution in [3.63, 3.8) is 0 Å². The first-order valence-electron chi connectivity index (χ1n) is 4.90. The van der Waals surface area contributed by atoms with Crippen LogP contribution in [0.2, 0.25) is 0 Å². The van der Waals surface area contributed by atoms with Crippen LogP contribution in [0.1, 0.15) is 0 Å². The van der Waals surface area contributed by atoms with Gasteiger partial charge in [-0.15, -0.1) is 0 Å². The van der Waals surface area contributed by atoms with Gasteiger partial charge in [0.05, 0.1) is 0 Å². The molecule has 0 saturated heterocycles. The average molecular weight is 420 g/mol. The molecule has 2 aromatic carbocycles. The largest absolute Gasteiger partial charge is 2.00 e. The molecule has 0 saturated carbocycles. The van der Waals surface area contributed by atoms with Crippen LogP contribution in [0.25, 0.3) is 0 Å². The molecular formula is C12H10BaO4S2. The zero-order valence-electron chi connectivity index (χ0n) is 9.93. The fourth-order valence-corrected chi connectivity index (χ4v) is 1.82. The Morgan fingerprint density at radius 1 is 0.632 bits per heavy atom. The van der Waals surface area contributed by atoms with Crippen LogP contribution in [-0.4, -0.2) is 66.4 Å². The van der Waals surface area contributed by atoms with E-state index in [-0.39, 0.29) is 48.9 Å². The van der Waals surface area contributed by atoms with Crippen LogP contribution in [0.15, 0.2) is 70.5 Å². The fourth-order valence-electron chi connectivity index (χ4n) is 1.06. The van der Waals surface area contributed by atoms with E-state index in [0.29, 0.717) is 9.79 Å². The quantitative estimate of drug-likeness (QED) is 0.545. The summed E-state index contributed by atoms with van der Waals surface area (Å²) in [5.74, 6) is 0. The molecule has 0 aromatic heterocycles. The Hall–Kier alpha value is 0.231. The van der Waals surface area contributed by atoms with Gasteiger partial charge in [0.15, 0.2) is 0 Å². The maximum Gasteiger partial charge on any atom is 2.00 e. The fraction of sp³-hybridized carbons (Fsp3) is 0. The van der Waals surface area contributed by atoms with Crippen LogP contribution in [0.5, 0.6) is 0 Å². The van der Waals surface area contributed by atoms with E-state index in [1.807, 2.05) is 0 Å². The molecule has 0 N–H and O–H groups in total. The van der Waals surface area contributed by atoms with Gasteiger partial charge in [-0.05, 0) is 46.4 Å². The van der Waals surface area contributed by atoms with Crippen LogP contribution in [0, 0.1) is 0 Å². The van der Waals surface area contributed by atoms with E-state index in [9.17, 15) is 17.5 Å². The maximum atomic E-state index is 10.2. The molecule has 0 aliphatic carbocycles. The Balaban J connectivity index is 0.000000324. The van der Waals surface area contributed by atoms with Gasteiger partial charge in [-0.3, -0.25) is 8.42 Å². The second-order valence-electron chi connectivity index (χ2n) is 3.10. The predicted molar refractivity (Wildman–Crippen MR) is 73.0 cm³/mol. The molecule has 0 radical (unpaired) electrons. The van der Waals surface area contributed by atoms with Gasteiger partial charge in [0, 0.05) is 9.79 Å². The first kappa shape index (κ1) is 19.2. The van der Waals surface area contributed by atoms with Crippen molar-refractivity contribution in [1.82, 2.24) is 0 Å². The SMILES string of the molecule is O=S([O-])c1ccccc1.O=S([O-])c1ccccc1.[Ba+2]. The molecule has 2 aromatic rings. The summed E-state index contributed by atoms with van der Waals surface area (Å²) in [4.78, 5) is 0.662. The van der Waals surface area contributed by atoms with Crippen LogP contribution < -0.4 is 0 Å². The van der Waals surface area contributed by atoms with Crippen molar-refractivity contribution in [2.24, 2.45) is 0 Å². The molecule has 19 heavy (non-hydrogen) atoms. The Labute approximate surface area is 157 Å². The van der Waals surface area contributed by atoms with Crippen LogP contribution in [0.4, 0.5) is 0 Å². The molecule has 0 aliphatic heterocycles. The molecule has 0 spiro atoms. The van der Waals surface area contributed by atoms with Gasteiger partial charge in [0.25, 0.3) is 0 Å². The molecule has 0 aliphatic rings. The minimum atomic E-state index is -2.08. The summed E-state index contributed by atoms with van der Waals surface area (Å²) in [6.45, 7) is 0. The van der Waals surface area contributed by atoms with Gasteiger partial charge in [0.2, 0.25) is 0 Å². The maximum absolute atomic E-state index is 10.2. The number of rotatable bonds is 2. The summed E-state index contributed by atoms with van der Waals surface area (Å²) >= 11 is -4.16. The summed E-state index contributed by atoms with van der Waals surface area (Å²) in [5.41, 5.74) is 0. The molecule has 96 valence electrons. The summed E-state index contributed by atoms with van der Waals surface area (Å²) in [6.07, 6.45) is 0. The summed E-state index contributed by atoms with van der Waals surface area (Å²) in [6, 6.07) is 16.5. The van der Waals surface area contributed by atoms with Crippen molar-refractivity contribution >= 4 is 71.0 Å². The van der Waals surface area contributed by atoms with E-state index in [1.54, 1.807) is 60.7 Å². The van der Waals surface area contributed by atoms with Crippen LogP contribution in [0.3, 0.4) is 0 Å². The van der Waals surface area contributed by atoms with Gasteiger partial charge in [-0.25, -0.2) is 0 Å². The van der Waals surface area contributed by atoms with Crippen molar-refractivity contribution < 1.29 is 17.5 Å². The molecule has 4 nitrogen and oxygen atoms in total. The monoisotopic (exact) mass is 420 g/mol. The zero-order chi connectivity index (χ0) is 13.4. The van der Waals surface area contributed by atoms with E-state index >= 15 is 0 Å². The van der Waals surface area contributed by atoms with Crippen molar-refractivity contribution in [3.05, 3.63) is 60.7 Å². The molecule has 2 rings (SSSR count). The van der Waals surface area contributed by atoms with E-state index in [0.717, 1.165) is 0 Å². The first-order chi connectivity index (χ1) is 8.61. The van der Waals surface area contributed by atoms with Gasteiger partial charge in [-0.2, -0.15) is 0 Å². The Morgan fingerprint density at radius 2 is 0.895 bits per heavy atom. The van der Waals surface area contributed by atoms with E-state index < -0.39 is 22.2 Å². The van der Waals surface area contributed by atoms with Crippen molar-refractivity contribution in [1.29, 1.82) is 0 Å². The predicted octanol–water partition coefficient (Wildman–Crippen LogP) is 1.47. The minimum Gasteiger partial charge on any atom is -0.768 e. The van der Waals surface area contributed by atoms with E-state index in [4.69, 9.17) is 0 Å². The third-order valence-corrected chi connectivity index (χ3v) is 3.19. The minimum absolute atomic E-state index is 0. The molecule has 7 heteroatoms. The molecule has 2 atom stereocenters. The van der Waals surface area contributed by atoms with Gasteiger partial charge >= 0.3 is 48.9 Å². The Morgan fingerprint density at radius 3 is 1.05 bits per heavy atom. The normalized spacial score (nSPS) is 12.3. The second-order valence-corrected chi connectivity index (χ2v) is 4.98. The van der Waals surface area contributed by atoms with Crippen molar-refractivity contribution in [2.75, 3.05) is 0 Å². The molecule has 0 heterocycles. The van der Waals surface area contributed by atoms with E-state index in [1.165, 1.54) is 0 Å². The number of hydrogen-bond donors (Lipinski definition) is 0. The standard InChI is InChI=1S/2C6H6O2S.Ba/c2*7-9(8)6-4-2-1-3-5-6;/h2*1-5H,(H,7,8);/q;;+2/p-2. The second kappa shape index (κ2) is 11.0. The smallest absolute Gasteiger partial charge is 0.768 e. The molecule has 2 unspecified atom stereocenters. The van der Waals surface area contributed by atoms with Crippen molar-refractivity contribution in [2.45, 2.75) is 9.79 Å². The van der Waals surface area contributed by atoms with Crippen LogP contribution >= 0.6 is 0 Å². The number of benzene rings is 2. The van der Waals surface area contributed by atoms with Gasteiger partial charge in [-0.1, -0.05) is 36.4 Å². The molecule has 0 fully saturated rings. The molecule has 0 amide bonds. The summed E-state index contributed by atoms with van der Waals surface area (Å²) in [5, 5.41) is 0. The Bertz CT molecular complexity index is 470. The average Bonchev–Trinajstić information content (AvgIpc) is 2.41. The Kier molecular flexibility index (Phi) is 11.1. The summed E-state index contributed by atoms with van der Waals surface area (Å²) < 4.78 is 40.8. The number of hydrogen-bond acceptors (Lipinski definition) is 4. The van der Waals surface area contributed by atoms with E-state index in [2.05, 4.69) is 0 Å².